The highest BCUT2D eigenvalue weighted by atomic mass is 79.9. The molecular weight excluding hydrogens is 326 g/mol. The molecule has 6 heteroatoms. The second kappa shape index (κ2) is 5.88. The highest BCUT2D eigenvalue weighted by Crippen LogP contribution is 2.25. The Morgan fingerprint density at radius 3 is 2.47 bits per heavy atom. The summed E-state index contributed by atoms with van der Waals surface area (Å²) in [7, 11) is 0. The van der Waals surface area contributed by atoms with Gasteiger partial charge in [-0.3, -0.25) is 4.79 Å². The molecule has 102 valence electrons. The maximum absolute atomic E-state index is 11.3. The van der Waals surface area contributed by atoms with E-state index in [4.69, 9.17) is 18.0 Å². The van der Waals surface area contributed by atoms with Crippen LogP contribution in [0.4, 0.5) is 5.69 Å². The van der Waals surface area contributed by atoms with Gasteiger partial charge < -0.3 is 15.5 Å². The molecule has 0 spiro atoms. The van der Waals surface area contributed by atoms with Crippen molar-refractivity contribution in [1.29, 1.82) is 0 Å². The summed E-state index contributed by atoms with van der Waals surface area (Å²) in [5.74, 6) is 0.130. The fraction of sp³-hybridized carbons (Fsp3) is 0.385. The summed E-state index contributed by atoms with van der Waals surface area (Å²) in [6.07, 6.45) is 0. The maximum Gasteiger partial charge on any atom is 0.219 e. The third-order valence-corrected chi connectivity index (χ3v) is 4.00. The lowest BCUT2D eigenvalue weighted by Crippen LogP contribution is -2.48. The van der Waals surface area contributed by atoms with E-state index in [9.17, 15) is 4.79 Å². The van der Waals surface area contributed by atoms with Crippen LogP contribution in [0.5, 0.6) is 0 Å². The molecule has 1 aliphatic rings. The Labute approximate surface area is 126 Å². The zero-order valence-corrected chi connectivity index (χ0v) is 13.1. The smallest absolute Gasteiger partial charge is 0.219 e. The van der Waals surface area contributed by atoms with Gasteiger partial charge in [-0.1, -0.05) is 28.1 Å². The van der Waals surface area contributed by atoms with E-state index in [1.807, 2.05) is 23.1 Å². The predicted molar refractivity (Wildman–Crippen MR) is 84.5 cm³/mol. The number of piperazine rings is 1. The normalized spacial score (nSPS) is 15.5. The van der Waals surface area contributed by atoms with Crippen LogP contribution < -0.4 is 10.6 Å². The van der Waals surface area contributed by atoms with Crippen molar-refractivity contribution >= 4 is 44.7 Å². The monoisotopic (exact) mass is 341 g/mol. The Kier molecular flexibility index (Phi) is 4.42. The zero-order valence-electron chi connectivity index (χ0n) is 10.7. The van der Waals surface area contributed by atoms with Gasteiger partial charge in [0, 0.05) is 48.8 Å². The quantitative estimate of drug-likeness (QED) is 0.832. The van der Waals surface area contributed by atoms with Gasteiger partial charge in [0.25, 0.3) is 0 Å². The molecule has 1 aliphatic heterocycles. The summed E-state index contributed by atoms with van der Waals surface area (Å²) >= 11 is 8.54. The Morgan fingerprint density at radius 1 is 1.32 bits per heavy atom. The number of hydrogen-bond acceptors (Lipinski definition) is 3. The molecule has 0 radical (unpaired) electrons. The lowest BCUT2D eigenvalue weighted by molar-refractivity contribution is -0.129. The van der Waals surface area contributed by atoms with Gasteiger partial charge >= 0.3 is 0 Å². The summed E-state index contributed by atoms with van der Waals surface area (Å²) in [5, 5.41) is 0. The first-order valence-corrected chi connectivity index (χ1v) is 7.29. The molecule has 1 aromatic carbocycles. The van der Waals surface area contributed by atoms with E-state index >= 15 is 0 Å². The molecule has 2 N–H and O–H groups in total. The van der Waals surface area contributed by atoms with E-state index in [-0.39, 0.29) is 5.91 Å². The number of amides is 1. The van der Waals surface area contributed by atoms with Crippen LogP contribution in [0.15, 0.2) is 22.7 Å². The average Bonchev–Trinajstić information content (AvgIpc) is 2.38. The Bertz CT molecular complexity index is 513. The van der Waals surface area contributed by atoms with Gasteiger partial charge in [-0.25, -0.2) is 0 Å². The summed E-state index contributed by atoms with van der Waals surface area (Å²) in [5.41, 5.74) is 7.70. The topological polar surface area (TPSA) is 49.6 Å². The first-order valence-electron chi connectivity index (χ1n) is 6.09. The fourth-order valence-corrected chi connectivity index (χ4v) is 2.77. The summed E-state index contributed by atoms with van der Waals surface area (Å²) in [6.45, 7) is 4.69. The van der Waals surface area contributed by atoms with Crippen LogP contribution in [-0.4, -0.2) is 42.0 Å². The number of carbonyl (C=O) groups is 1. The molecule has 4 nitrogen and oxygen atoms in total. The molecule has 1 amide bonds. The van der Waals surface area contributed by atoms with E-state index in [2.05, 4.69) is 20.8 Å². The highest BCUT2D eigenvalue weighted by molar-refractivity contribution is 9.10. The van der Waals surface area contributed by atoms with Gasteiger partial charge in [-0.05, 0) is 18.2 Å². The Balaban J connectivity index is 2.20. The number of rotatable bonds is 2. The number of anilines is 1. The van der Waals surface area contributed by atoms with E-state index in [0.717, 1.165) is 41.9 Å². The van der Waals surface area contributed by atoms with Crippen LogP contribution in [0.1, 0.15) is 12.5 Å². The molecule has 0 aromatic heterocycles. The largest absolute Gasteiger partial charge is 0.389 e. The molecule has 0 aliphatic carbocycles. The van der Waals surface area contributed by atoms with Crippen molar-refractivity contribution in [3.05, 3.63) is 28.2 Å². The third-order valence-electron chi connectivity index (χ3n) is 3.29. The summed E-state index contributed by atoms with van der Waals surface area (Å²) in [6, 6.07) is 5.94. The Morgan fingerprint density at radius 2 is 1.95 bits per heavy atom. The van der Waals surface area contributed by atoms with E-state index in [1.54, 1.807) is 6.92 Å². The van der Waals surface area contributed by atoms with Crippen molar-refractivity contribution < 1.29 is 4.79 Å². The third kappa shape index (κ3) is 3.25. The molecule has 0 saturated carbocycles. The Hall–Kier alpha value is -1.14. The second-order valence-electron chi connectivity index (χ2n) is 4.52. The fourth-order valence-electron chi connectivity index (χ4n) is 2.24. The van der Waals surface area contributed by atoms with E-state index < -0.39 is 0 Å². The van der Waals surface area contributed by atoms with E-state index in [1.165, 1.54) is 0 Å². The number of benzene rings is 1. The van der Waals surface area contributed by atoms with Crippen molar-refractivity contribution in [3.8, 4) is 0 Å². The molecule has 1 aromatic rings. The standard InChI is InChI=1S/C13H16BrN3OS/c1-9(18)16-4-6-17(7-5-16)12-3-2-10(14)8-11(12)13(15)19/h2-3,8H,4-7H2,1H3,(H2,15,19). The van der Waals surface area contributed by atoms with Gasteiger partial charge in [0.1, 0.15) is 4.99 Å². The minimum atomic E-state index is 0.130. The number of nitrogens with zero attached hydrogens (tertiary/aromatic N) is 2. The number of halogens is 1. The van der Waals surface area contributed by atoms with Gasteiger partial charge in [0.05, 0.1) is 0 Å². The molecule has 1 fully saturated rings. The SMILES string of the molecule is CC(=O)N1CCN(c2ccc(Br)cc2C(N)=S)CC1. The minimum absolute atomic E-state index is 0.130. The lowest BCUT2D eigenvalue weighted by atomic mass is 10.1. The van der Waals surface area contributed by atoms with Crippen molar-refractivity contribution in [2.24, 2.45) is 5.73 Å². The molecule has 0 bridgehead atoms. The van der Waals surface area contributed by atoms with Crippen LogP contribution >= 0.6 is 28.1 Å². The van der Waals surface area contributed by atoms with Gasteiger partial charge in [-0.2, -0.15) is 0 Å². The first-order chi connectivity index (χ1) is 8.99. The van der Waals surface area contributed by atoms with Crippen LogP contribution in [-0.2, 0) is 4.79 Å². The van der Waals surface area contributed by atoms with Crippen molar-refractivity contribution in [2.45, 2.75) is 6.92 Å². The van der Waals surface area contributed by atoms with Crippen LogP contribution in [0, 0.1) is 0 Å². The van der Waals surface area contributed by atoms with Gasteiger partial charge in [-0.15, -0.1) is 0 Å². The summed E-state index contributed by atoms with van der Waals surface area (Å²) in [4.78, 5) is 15.8. The number of nitrogens with two attached hydrogens (primary N) is 1. The van der Waals surface area contributed by atoms with Gasteiger partial charge in [0.15, 0.2) is 0 Å². The summed E-state index contributed by atoms with van der Waals surface area (Å²) < 4.78 is 0.960. The van der Waals surface area contributed by atoms with Crippen molar-refractivity contribution in [3.63, 3.8) is 0 Å². The molecule has 1 saturated heterocycles. The van der Waals surface area contributed by atoms with Crippen molar-refractivity contribution in [1.82, 2.24) is 4.90 Å². The molecule has 1 heterocycles. The van der Waals surface area contributed by atoms with Crippen LogP contribution in [0.2, 0.25) is 0 Å². The lowest BCUT2D eigenvalue weighted by Gasteiger charge is -2.36. The molecule has 2 rings (SSSR count). The number of hydrogen-bond donors (Lipinski definition) is 1. The molecule has 0 atom stereocenters. The van der Waals surface area contributed by atoms with Gasteiger partial charge in [0.2, 0.25) is 5.91 Å². The molecular formula is C13H16BrN3OS. The zero-order chi connectivity index (χ0) is 14.0. The maximum atomic E-state index is 11.3. The van der Waals surface area contributed by atoms with Crippen LogP contribution in [0.3, 0.4) is 0 Å². The van der Waals surface area contributed by atoms with E-state index in [0.29, 0.717) is 4.99 Å². The first kappa shape index (κ1) is 14.3. The number of carbonyl (C=O) groups excluding carboxylic acids is 1. The predicted octanol–water partition coefficient (Wildman–Crippen LogP) is 1.75. The minimum Gasteiger partial charge on any atom is -0.389 e. The molecule has 19 heavy (non-hydrogen) atoms. The molecule has 0 unspecified atom stereocenters. The second-order valence-corrected chi connectivity index (χ2v) is 5.87. The number of thiocarbonyl (C=S) groups is 1. The van der Waals surface area contributed by atoms with Crippen LogP contribution in [0.25, 0.3) is 0 Å². The highest BCUT2D eigenvalue weighted by Gasteiger charge is 2.21. The average molecular weight is 342 g/mol. The van der Waals surface area contributed by atoms with Crippen molar-refractivity contribution in [2.75, 3.05) is 31.1 Å².